The molecule has 0 aromatic heterocycles. The fourth-order valence-corrected chi connectivity index (χ4v) is 2.02. The van der Waals surface area contributed by atoms with Crippen LogP contribution in [0.25, 0.3) is 0 Å². The zero-order chi connectivity index (χ0) is 13.3. The first-order valence-electron chi connectivity index (χ1n) is 5.98. The normalized spacial score (nSPS) is 26.7. The third kappa shape index (κ3) is 4.21. The van der Waals surface area contributed by atoms with Crippen molar-refractivity contribution in [3.8, 4) is 0 Å². The lowest BCUT2D eigenvalue weighted by Gasteiger charge is -2.32. The monoisotopic (exact) mass is 251 g/mol. The Kier molecular flexibility index (Phi) is 4.10. The van der Waals surface area contributed by atoms with E-state index in [4.69, 9.17) is 0 Å². The Hall–Kier alpha value is -0.740. The third-order valence-corrected chi connectivity index (χ3v) is 3.15. The van der Waals surface area contributed by atoms with Crippen molar-refractivity contribution in [1.82, 2.24) is 5.32 Å². The highest BCUT2D eigenvalue weighted by atomic mass is 19.4. The molecule has 17 heavy (non-hydrogen) atoms. The number of rotatable bonds is 1. The molecule has 0 saturated heterocycles. The third-order valence-electron chi connectivity index (χ3n) is 3.15. The van der Waals surface area contributed by atoms with Crippen molar-refractivity contribution in [2.24, 2.45) is 11.3 Å². The number of halogens is 3. The van der Waals surface area contributed by atoms with Crippen LogP contribution in [0.3, 0.4) is 0 Å². The number of alkyl halides is 3. The van der Waals surface area contributed by atoms with Crippen LogP contribution in [0.2, 0.25) is 0 Å². The van der Waals surface area contributed by atoms with E-state index in [-0.39, 0.29) is 24.8 Å². The summed E-state index contributed by atoms with van der Waals surface area (Å²) in [7, 11) is 0. The van der Waals surface area contributed by atoms with E-state index in [1.54, 1.807) is 20.8 Å². The van der Waals surface area contributed by atoms with Gasteiger partial charge in [0, 0.05) is 11.5 Å². The number of nitrogens with one attached hydrogen (secondary N) is 1. The molecular weight excluding hydrogens is 231 g/mol. The van der Waals surface area contributed by atoms with Crippen LogP contribution in [-0.4, -0.2) is 18.1 Å². The topological polar surface area (TPSA) is 29.1 Å². The van der Waals surface area contributed by atoms with Crippen LogP contribution < -0.4 is 5.32 Å². The smallest absolute Gasteiger partial charge is 0.353 e. The van der Waals surface area contributed by atoms with Gasteiger partial charge in [0.1, 0.15) is 0 Å². The molecule has 1 fully saturated rings. The fraction of sp³-hybridized carbons (Fsp3) is 0.917. The molecular formula is C12H20F3NO. The molecule has 0 aromatic rings. The van der Waals surface area contributed by atoms with Crippen LogP contribution in [0.15, 0.2) is 0 Å². The predicted molar refractivity (Wildman–Crippen MR) is 59.4 cm³/mol. The number of hydrogen-bond donors (Lipinski definition) is 1. The Morgan fingerprint density at radius 1 is 1.18 bits per heavy atom. The van der Waals surface area contributed by atoms with Gasteiger partial charge in [-0.05, 0) is 19.3 Å². The van der Waals surface area contributed by atoms with E-state index in [0.29, 0.717) is 12.8 Å². The van der Waals surface area contributed by atoms with Gasteiger partial charge in [-0.1, -0.05) is 27.2 Å². The predicted octanol–water partition coefficient (Wildman–Crippen LogP) is 3.27. The summed E-state index contributed by atoms with van der Waals surface area (Å²) >= 11 is 0. The van der Waals surface area contributed by atoms with Gasteiger partial charge in [-0.3, -0.25) is 4.79 Å². The minimum Gasteiger partial charge on any atom is -0.353 e. The zero-order valence-corrected chi connectivity index (χ0v) is 10.5. The van der Waals surface area contributed by atoms with Crippen molar-refractivity contribution in [2.45, 2.75) is 58.7 Å². The molecule has 1 amide bonds. The molecule has 0 radical (unpaired) electrons. The first kappa shape index (κ1) is 14.3. The summed E-state index contributed by atoms with van der Waals surface area (Å²) in [5.74, 6) is -1.44. The number of carbonyl (C=O) groups is 1. The van der Waals surface area contributed by atoms with Crippen molar-refractivity contribution >= 4 is 5.91 Å². The second-order valence-electron chi connectivity index (χ2n) is 5.83. The molecule has 5 heteroatoms. The molecule has 0 unspecified atom stereocenters. The Morgan fingerprint density at radius 2 is 1.76 bits per heavy atom. The van der Waals surface area contributed by atoms with E-state index in [1.807, 2.05) is 0 Å². The Morgan fingerprint density at radius 3 is 2.24 bits per heavy atom. The van der Waals surface area contributed by atoms with Crippen LogP contribution in [0, 0.1) is 11.3 Å². The van der Waals surface area contributed by atoms with Crippen LogP contribution >= 0.6 is 0 Å². The number of carbonyl (C=O) groups excluding carboxylic acids is 1. The molecule has 1 saturated carbocycles. The van der Waals surface area contributed by atoms with Gasteiger partial charge >= 0.3 is 6.18 Å². The standard InChI is InChI=1S/C12H20F3NO/c1-11(2,3)10(17)16-9-6-4-5-8(7-9)12(13,14)15/h8-9H,4-7H2,1-3H3,(H,16,17)/t8-,9+/m1/s1. The van der Waals surface area contributed by atoms with Crippen LogP contribution in [-0.2, 0) is 4.79 Å². The van der Waals surface area contributed by atoms with Gasteiger partial charge in [0.15, 0.2) is 0 Å². The van der Waals surface area contributed by atoms with Crippen LogP contribution in [0.4, 0.5) is 13.2 Å². The van der Waals surface area contributed by atoms with Crippen LogP contribution in [0.1, 0.15) is 46.5 Å². The van der Waals surface area contributed by atoms with Crippen molar-refractivity contribution < 1.29 is 18.0 Å². The average molecular weight is 251 g/mol. The molecule has 0 spiro atoms. The maximum atomic E-state index is 12.6. The van der Waals surface area contributed by atoms with Crippen molar-refractivity contribution in [3.63, 3.8) is 0 Å². The highest BCUT2D eigenvalue weighted by Gasteiger charge is 2.42. The molecule has 1 aliphatic carbocycles. The summed E-state index contributed by atoms with van der Waals surface area (Å²) in [6.45, 7) is 5.27. The van der Waals surface area contributed by atoms with Gasteiger partial charge in [0.2, 0.25) is 5.91 Å². The van der Waals surface area contributed by atoms with Gasteiger partial charge in [-0.15, -0.1) is 0 Å². The average Bonchev–Trinajstić information content (AvgIpc) is 2.15. The first-order valence-corrected chi connectivity index (χ1v) is 5.98. The molecule has 0 aliphatic heterocycles. The Balaban J connectivity index is 2.54. The number of amides is 1. The largest absolute Gasteiger partial charge is 0.391 e. The van der Waals surface area contributed by atoms with Crippen molar-refractivity contribution in [1.29, 1.82) is 0 Å². The van der Waals surface area contributed by atoms with Gasteiger partial charge in [0.25, 0.3) is 0 Å². The van der Waals surface area contributed by atoms with Crippen molar-refractivity contribution in [3.05, 3.63) is 0 Å². The summed E-state index contributed by atoms with van der Waals surface area (Å²) < 4.78 is 37.7. The Labute approximate surface area is 100.0 Å². The van der Waals surface area contributed by atoms with E-state index in [9.17, 15) is 18.0 Å². The zero-order valence-electron chi connectivity index (χ0n) is 10.5. The van der Waals surface area contributed by atoms with Gasteiger partial charge in [0.05, 0.1) is 5.92 Å². The molecule has 0 heterocycles. The molecule has 1 aliphatic rings. The maximum absolute atomic E-state index is 12.6. The van der Waals surface area contributed by atoms with Gasteiger partial charge < -0.3 is 5.32 Å². The summed E-state index contributed by atoms with van der Waals surface area (Å²) in [5, 5.41) is 2.72. The Bertz CT molecular complexity index is 280. The maximum Gasteiger partial charge on any atom is 0.391 e. The molecule has 0 bridgehead atoms. The second kappa shape index (κ2) is 4.86. The molecule has 100 valence electrons. The van der Waals surface area contributed by atoms with Gasteiger partial charge in [-0.2, -0.15) is 13.2 Å². The lowest BCUT2D eigenvalue weighted by Crippen LogP contribution is -2.45. The van der Waals surface area contributed by atoms with Crippen molar-refractivity contribution in [2.75, 3.05) is 0 Å². The van der Waals surface area contributed by atoms with E-state index in [2.05, 4.69) is 5.32 Å². The SMILES string of the molecule is CC(C)(C)C(=O)N[C@H]1CCC[C@@H](C(F)(F)F)C1. The van der Waals surface area contributed by atoms with E-state index in [0.717, 1.165) is 0 Å². The van der Waals surface area contributed by atoms with Gasteiger partial charge in [-0.25, -0.2) is 0 Å². The molecule has 1 N–H and O–H groups in total. The highest BCUT2D eigenvalue weighted by molar-refractivity contribution is 5.81. The molecule has 0 aromatic carbocycles. The van der Waals surface area contributed by atoms with E-state index in [1.165, 1.54) is 0 Å². The highest BCUT2D eigenvalue weighted by Crippen LogP contribution is 2.37. The first-order chi connectivity index (χ1) is 7.60. The molecule has 2 atom stereocenters. The minimum atomic E-state index is -4.13. The minimum absolute atomic E-state index is 0.0192. The molecule has 2 nitrogen and oxygen atoms in total. The van der Waals surface area contributed by atoms with E-state index < -0.39 is 17.5 Å². The second-order valence-corrected chi connectivity index (χ2v) is 5.83. The lowest BCUT2D eigenvalue weighted by molar-refractivity contribution is -0.184. The fourth-order valence-electron chi connectivity index (χ4n) is 2.02. The molecule has 1 rings (SSSR count). The summed E-state index contributed by atoms with van der Waals surface area (Å²) in [6, 6.07) is -0.331. The van der Waals surface area contributed by atoms with Crippen LogP contribution in [0.5, 0.6) is 0 Å². The summed E-state index contributed by atoms with van der Waals surface area (Å²) in [5.41, 5.74) is -0.550. The quantitative estimate of drug-likeness (QED) is 0.761. The van der Waals surface area contributed by atoms with E-state index >= 15 is 0 Å². The number of hydrogen-bond acceptors (Lipinski definition) is 1. The lowest BCUT2D eigenvalue weighted by atomic mass is 9.84. The summed E-state index contributed by atoms with van der Waals surface area (Å²) in [6.07, 6.45) is -2.75. The summed E-state index contributed by atoms with van der Waals surface area (Å²) in [4.78, 5) is 11.7.